The van der Waals surface area contributed by atoms with Crippen LogP contribution in [0.1, 0.15) is 73.1 Å². The first-order valence-electron chi connectivity index (χ1n) is 7.13. The summed E-state index contributed by atoms with van der Waals surface area (Å²) in [4.78, 5) is 0. The summed E-state index contributed by atoms with van der Waals surface area (Å²) in [7, 11) is 0. The Balaban J connectivity index is 3.57. The molecule has 0 unspecified atom stereocenters. The Labute approximate surface area is 103 Å². The Morgan fingerprint density at radius 3 is 1.94 bits per heavy atom. The maximum atomic E-state index is 9.93. The number of aliphatic hydroxyl groups excluding tert-OH is 1. The molecule has 0 aliphatic heterocycles. The summed E-state index contributed by atoms with van der Waals surface area (Å²) in [6.45, 7) is 11.3. The summed E-state index contributed by atoms with van der Waals surface area (Å²) >= 11 is 0. The van der Waals surface area contributed by atoms with Gasteiger partial charge in [0, 0.05) is 0 Å². The molecule has 0 aromatic heterocycles. The molecule has 1 heteroatoms. The smallest absolute Gasteiger partial charge is 0.0545 e. The van der Waals surface area contributed by atoms with Gasteiger partial charge in [0.2, 0.25) is 0 Å². The molecular formula is C15H32O. The van der Waals surface area contributed by atoms with Crippen molar-refractivity contribution >= 4 is 0 Å². The molecule has 0 radical (unpaired) electrons. The van der Waals surface area contributed by atoms with Crippen LogP contribution >= 0.6 is 0 Å². The zero-order valence-corrected chi connectivity index (χ0v) is 12.0. The zero-order chi connectivity index (χ0) is 12.6. The molecule has 0 aliphatic rings. The fraction of sp³-hybridized carbons (Fsp3) is 1.00. The molecule has 0 aromatic carbocycles. The Kier molecular flexibility index (Phi) is 9.02. The summed E-state index contributed by atoms with van der Waals surface area (Å²) in [5.41, 5.74) is 0. The highest BCUT2D eigenvalue weighted by molar-refractivity contribution is 4.65. The van der Waals surface area contributed by atoms with Crippen molar-refractivity contribution in [3.63, 3.8) is 0 Å². The van der Waals surface area contributed by atoms with Crippen molar-refractivity contribution in [2.24, 2.45) is 17.8 Å². The first kappa shape index (κ1) is 16.0. The number of aliphatic hydroxyl groups is 1. The highest BCUT2D eigenvalue weighted by Crippen LogP contribution is 2.20. The van der Waals surface area contributed by atoms with Gasteiger partial charge < -0.3 is 5.11 Å². The normalized spacial score (nSPS) is 17.4. The van der Waals surface area contributed by atoms with Crippen LogP contribution in [0.3, 0.4) is 0 Å². The van der Waals surface area contributed by atoms with Crippen molar-refractivity contribution < 1.29 is 5.11 Å². The van der Waals surface area contributed by atoms with Gasteiger partial charge in [-0.25, -0.2) is 0 Å². The number of hydrogen-bond acceptors (Lipinski definition) is 1. The van der Waals surface area contributed by atoms with E-state index in [0.29, 0.717) is 11.8 Å². The van der Waals surface area contributed by atoms with E-state index in [4.69, 9.17) is 0 Å². The predicted octanol–water partition coefficient (Wildman–Crippen LogP) is 4.64. The van der Waals surface area contributed by atoms with E-state index in [1.54, 1.807) is 0 Å². The Morgan fingerprint density at radius 1 is 0.875 bits per heavy atom. The molecule has 0 aliphatic carbocycles. The van der Waals surface area contributed by atoms with E-state index in [9.17, 15) is 5.11 Å². The molecule has 0 saturated carbocycles. The summed E-state index contributed by atoms with van der Waals surface area (Å²) < 4.78 is 0. The van der Waals surface area contributed by atoms with Gasteiger partial charge in [-0.05, 0) is 30.6 Å². The van der Waals surface area contributed by atoms with Gasteiger partial charge in [0.1, 0.15) is 0 Å². The van der Waals surface area contributed by atoms with E-state index in [2.05, 4.69) is 34.6 Å². The van der Waals surface area contributed by atoms with Crippen LogP contribution in [-0.2, 0) is 0 Å². The van der Waals surface area contributed by atoms with Crippen LogP contribution < -0.4 is 0 Å². The lowest BCUT2D eigenvalue weighted by molar-refractivity contribution is 0.116. The molecule has 16 heavy (non-hydrogen) atoms. The summed E-state index contributed by atoms with van der Waals surface area (Å²) in [6, 6.07) is 0. The molecular weight excluding hydrogens is 196 g/mol. The quantitative estimate of drug-likeness (QED) is 0.609. The molecule has 1 N–H and O–H groups in total. The second kappa shape index (κ2) is 9.04. The molecule has 0 amide bonds. The molecule has 0 rings (SSSR count). The largest absolute Gasteiger partial charge is 0.393 e. The number of hydrogen-bond donors (Lipinski definition) is 1. The summed E-state index contributed by atoms with van der Waals surface area (Å²) in [5.74, 6) is 2.16. The van der Waals surface area contributed by atoms with E-state index in [-0.39, 0.29) is 6.10 Å². The van der Waals surface area contributed by atoms with Gasteiger partial charge >= 0.3 is 0 Å². The van der Waals surface area contributed by atoms with Gasteiger partial charge in [-0.1, -0.05) is 60.3 Å². The van der Waals surface area contributed by atoms with E-state index >= 15 is 0 Å². The standard InChI is InChI=1S/C15H32O/c1-6-13(4)10-15(16)11-14(5)9-7-8-12(2)3/h12-16H,6-11H2,1-5H3/t13-,14-,15+/m0/s1. The minimum absolute atomic E-state index is 0.0796. The second-order valence-corrected chi connectivity index (χ2v) is 6.07. The Morgan fingerprint density at radius 2 is 1.44 bits per heavy atom. The average Bonchev–Trinajstić information content (AvgIpc) is 2.16. The summed E-state index contributed by atoms with van der Waals surface area (Å²) in [6.07, 6.45) is 6.98. The predicted molar refractivity (Wildman–Crippen MR) is 72.5 cm³/mol. The highest BCUT2D eigenvalue weighted by Gasteiger charge is 2.13. The first-order valence-corrected chi connectivity index (χ1v) is 7.13. The van der Waals surface area contributed by atoms with E-state index in [0.717, 1.165) is 18.8 Å². The Hall–Kier alpha value is -0.0400. The second-order valence-electron chi connectivity index (χ2n) is 6.07. The van der Waals surface area contributed by atoms with Crippen LogP contribution in [0.25, 0.3) is 0 Å². The van der Waals surface area contributed by atoms with Crippen molar-refractivity contribution in [1.29, 1.82) is 0 Å². The third-order valence-electron chi connectivity index (χ3n) is 3.52. The van der Waals surface area contributed by atoms with Gasteiger partial charge in [-0.2, -0.15) is 0 Å². The van der Waals surface area contributed by atoms with E-state index in [1.807, 2.05) is 0 Å². The monoisotopic (exact) mass is 228 g/mol. The lowest BCUT2D eigenvalue weighted by Crippen LogP contribution is -2.15. The number of rotatable bonds is 9. The molecule has 0 bridgehead atoms. The van der Waals surface area contributed by atoms with Gasteiger partial charge in [0.05, 0.1) is 6.10 Å². The molecule has 0 saturated heterocycles. The molecule has 0 spiro atoms. The topological polar surface area (TPSA) is 20.2 Å². The first-order chi connectivity index (χ1) is 7.45. The lowest BCUT2D eigenvalue weighted by Gasteiger charge is -2.19. The molecule has 0 aromatic rings. The highest BCUT2D eigenvalue weighted by atomic mass is 16.3. The van der Waals surface area contributed by atoms with Crippen LogP contribution in [0.2, 0.25) is 0 Å². The van der Waals surface area contributed by atoms with Crippen molar-refractivity contribution in [3.05, 3.63) is 0 Å². The Bertz CT molecular complexity index is 154. The molecule has 98 valence electrons. The van der Waals surface area contributed by atoms with Crippen molar-refractivity contribution in [3.8, 4) is 0 Å². The van der Waals surface area contributed by atoms with Gasteiger partial charge in [-0.15, -0.1) is 0 Å². The minimum Gasteiger partial charge on any atom is -0.393 e. The maximum Gasteiger partial charge on any atom is 0.0545 e. The third-order valence-corrected chi connectivity index (χ3v) is 3.52. The van der Waals surface area contributed by atoms with Crippen LogP contribution in [0.5, 0.6) is 0 Å². The van der Waals surface area contributed by atoms with E-state index < -0.39 is 0 Å². The maximum absolute atomic E-state index is 9.93. The van der Waals surface area contributed by atoms with Gasteiger partial charge in [0.25, 0.3) is 0 Å². The molecule has 0 heterocycles. The van der Waals surface area contributed by atoms with Crippen LogP contribution in [-0.4, -0.2) is 11.2 Å². The SMILES string of the molecule is CC[C@H](C)C[C@@H](O)C[C@@H](C)CCCC(C)C. The fourth-order valence-electron chi connectivity index (χ4n) is 2.18. The fourth-order valence-corrected chi connectivity index (χ4v) is 2.18. The van der Waals surface area contributed by atoms with Crippen LogP contribution in [0, 0.1) is 17.8 Å². The summed E-state index contributed by atoms with van der Waals surface area (Å²) in [5, 5.41) is 9.93. The average molecular weight is 228 g/mol. The lowest BCUT2D eigenvalue weighted by atomic mass is 9.91. The van der Waals surface area contributed by atoms with E-state index in [1.165, 1.54) is 25.7 Å². The van der Waals surface area contributed by atoms with Crippen LogP contribution in [0.4, 0.5) is 0 Å². The molecule has 1 nitrogen and oxygen atoms in total. The van der Waals surface area contributed by atoms with Crippen molar-refractivity contribution in [1.82, 2.24) is 0 Å². The third kappa shape index (κ3) is 9.21. The van der Waals surface area contributed by atoms with Crippen molar-refractivity contribution in [2.45, 2.75) is 79.2 Å². The van der Waals surface area contributed by atoms with Gasteiger partial charge in [-0.3, -0.25) is 0 Å². The van der Waals surface area contributed by atoms with Crippen molar-refractivity contribution in [2.75, 3.05) is 0 Å². The zero-order valence-electron chi connectivity index (χ0n) is 12.0. The minimum atomic E-state index is -0.0796. The van der Waals surface area contributed by atoms with Gasteiger partial charge in [0.15, 0.2) is 0 Å². The van der Waals surface area contributed by atoms with Crippen LogP contribution in [0.15, 0.2) is 0 Å². The molecule has 0 fully saturated rings. The molecule has 3 atom stereocenters.